The minimum Gasteiger partial charge on any atom is -0.444 e. The third kappa shape index (κ3) is 5.55. The Kier molecular flexibility index (Phi) is 5.74. The Bertz CT molecular complexity index is 398. The highest BCUT2D eigenvalue weighted by Crippen LogP contribution is 2.38. The second kappa shape index (κ2) is 6.49. The SMILES string of the molecule is CC(C)(C)OC(=O)N1C[C@@H](O)C[C@H](O[Si](C)(C)C(C)(C)C)C1. The maximum absolute atomic E-state index is 12.2. The van der Waals surface area contributed by atoms with Crippen LogP contribution in [0.4, 0.5) is 4.79 Å². The number of β-amino-alcohol motifs (C(OH)–C–C–N with tert-alkyl or cyclic N) is 1. The van der Waals surface area contributed by atoms with Crippen molar-refractivity contribution in [1.29, 1.82) is 0 Å². The monoisotopic (exact) mass is 331 g/mol. The molecule has 6 heteroatoms. The summed E-state index contributed by atoms with van der Waals surface area (Å²) in [6, 6.07) is 0. The van der Waals surface area contributed by atoms with Gasteiger partial charge in [0.25, 0.3) is 0 Å². The summed E-state index contributed by atoms with van der Waals surface area (Å²) >= 11 is 0. The second-order valence-corrected chi connectivity index (χ2v) is 13.5. The van der Waals surface area contributed by atoms with Crippen LogP contribution >= 0.6 is 0 Å². The van der Waals surface area contributed by atoms with Crippen LogP contribution in [-0.2, 0) is 9.16 Å². The van der Waals surface area contributed by atoms with Crippen molar-refractivity contribution in [3.63, 3.8) is 0 Å². The Labute approximate surface area is 136 Å². The van der Waals surface area contributed by atoms with Crippen molar-refractivity contribution in [1.82, 2.24) is 4.90 Å². The minimum absolute atomic E-state index is 0.103. The molecular formula is C16H33NO4Si. The highest BCUT2D eigenvalue weighted by molar-refractivity contribution is 6.74. The van der Waals surface area contributed by atoms with Crippen molar-refractivity contribution in [3.8, 4) is 0 Å². The predicted octanol–water partition coefficient (Wildman–Crippen LogP) is 3.38. The first-order valence-electron chi connectivity index (χ1n) is 8.05. The summed E-state index contributed by atoms with van der Waals surface area (Å²) in [5, 5.41) is 10.2. The zero-order chi connectivity index (χ0) is 17.3. The lowest BCUT2D eigenvalue weighted by Crippen LogP contribution is -2.54. The van der Waals surface area contributed by atoms with E-state index in [0.717, 1.165) is 0 Å². The van der Waals surface area contributed by atoms with Crippen LogP contribution in [0, 0.1) is 0 Å². The molecule has 0 radical (unpaired) electrons. The fourth-order valence-corrected chi connectivity index (χ4v) is 3.54. The summed E-state index contributed by atoms with van der Waals surface area (Å²) in [6.45, 7) is 17.2. The van der Waals surface area contributed by atoms with E-state index in [9.17, 15) is 9.90 Å². The van der Waals surface area contributed by atoms with Crippen molar-refractivity contribution in [2.24, 2.45) is 0 Å². The van der Waals surface area contributed by atoms with Gasteiger partial charge >= 0.3 is 6.09 Å². The zero-order valence-corrected chi connectivity index (χ0v) is 16.4. The van der Waals surface area contributed by atoms with Gasteiger partial charge in [0, 0.05) is 13.0 Å². The van der Waals surface area contributed by atoms with Crippen LogP contribution < -0.4 is 0 Å². The molecule has 5 nitrogen and oxygen atoms in total. The van der Waals surface area contributed by atoms with E-state index >= 15 is 0 Å². The number of ether oxygens (including phenoxy) is 1. The Morgan fingerprint density at radius 1 is 1.14 bits per heavy atom. The number of nitrogens with zero attached hydrogens (tertiary/aromatic N) is 1. The average molecular weight is 332 g/mol. The summed E-state index contributed by atoms with van der Waals surface area (Å²) in [4.78, 5) is 13.8. The van der Waals surface area contributed by atoms with Crippen molar-refractivity contribution in [2.45, 2.75) is 83.9 Å². The molecule has 1 rings (SSSR count). The third-order valence-electron chi connectivity index (χ3n) is 4.31. The second-order valence-electron chi connectivity index (χ2n) is 8.78. The summed E-state index contributed by atoms with van der Waals surface area (Å²) in [7, 11) is -1.92. The van der Waals surface area contributed by atoms with E-state index in [1.807, 2.05) is 20.8 Å². The molecule has 2 atom stereocenters. The molecule has 1 aliphatic rings. The number of carbonyl (C=O) groups excluding carboxylic acids is 1. The highest BCUT2D eigenvalue weighted by Gasteiger charge is 2.41. The van der Waals surface area contributed by atoms with Gasteiger partial charge in [-0.1, -0.05) is 20.8 Å². The summed E-state index contributed by atoms with van der Waals surface area (Å²) in [5.74, 6) is 0. The van der Waals surface area contributed by atoms with E-state index in [1.165, 1.54) is 0 Å². The Hall–Kier alpha value is -0.593. The number of rotatable bonds is 2. The number of aliphatic hydroxyl groups is 1. The molecule has 0 bridgehead atoms. The summed E-state index contributed by atoms with van der Waals surface area (Å²) in [6.07, 6.45) is -0.491. The van der Waals surface area contributed by atoms with E-state index in [2.05, 4.69) is 33.9 Å². The van der Waals surface area contributed by atoms with Crippen LogP contribution in [0.3, 0.4) is 0 Å². The molecule has 1 heterocycles. The van der Waals surface area contributed by atoms with Crippen molar-refractivity contribution in [3.05, 3.63) is 0 Å². The molecule has 0 unspecified atom stereocenters. The summed E-state index contributed by atoms with van der Waals surface area (Å²) < 4.78 is 11.8. The van der Waals surface area contributed by atoms with E-state index < -0.39 is 20.0 Å². The molecular weight excluding hydrogens is 298 g/mol. The largest absolute Gasteiger partial charge is 0.444 e. The Morgan fingerprint density at radius 2 is 1.68 bits per heavy atom. The fourth-order valence-electron chi connectivity index (χ4n) is 2.18. The van der Waals surface area contributed by atoms with Gasteiger partial charge in [0.15, 0.2) is 8.32 Å². The van der Waals surface area contributed by atoms with Gasteiger partial charge in [0.2, 0.25) is 0 Å². The first kappa shape index (κ1) is 19.5. The molecule has 1 saturated heterocycles. The van der Waals surface area contributed by atoms with Crippen LogP contribution in [0.5, 0.6) is 0 Å². The zero-order valence-electron chi connectivity index (χ0n) is 15.4. The van der Waals surface area contributed by atoms with Crippen LogP contribution in [0.2, 0.25) is 18.1 Å². The first-order chi connectivity index (χ1) is 9.71. The number of hydrogen-bond donors (Lipinski definition) is 1. The molecule has 0 aromatic rings. The van der Waals surface area contributed by atoms with E-state index in [-0.39, 0.29) is 17.2 Å². The van der Waals surface area contributed by atoms with E-state index in [4.69, 9.17) is 9.16 Å². The number of likely N-dealkylation sites (tertiary alicyclic amines) is 1. The smallest absolute Gasteiger partial charge is 0.410 e. The van der Waals surface area contributed by atoms with Gasteiger partial charge in [0.1, 0.15) is 5.60 Å². The molecule has 22 heavy (non-hydrogen) atoms. The standard InChI is InChI=1S/C16H33NO4Si/c1-15(2,3)20-14(19)17-10-12(18)9-13(11-17)21-22(7,8)16(4,5)6/h12-13,18H,9-11H2,1-8H3/t12-,13-/m0/s1. The third-order valence-corrected chi connectivity index (χ3v) is 8.84. The van der Waals surface area contributed by atoms with Gasteiger partial charge in [-0.2, -0.15) is 0 Å². The predicted molar refractivity (Wildman–Crippen MR) is 90.5 cm³/mol. The lowest BCUT2D eigenvalue weighted by atomic mass is 10.1. The van der Waals surface area contributed by atoms with Crippen LogP contribution in [-0.4, -0.2) is 55.3 Å². The summed E-state index contributed by atoms with van der Waals surface area (Å²) in [5.41, 5.74) is -0.532. The van der Waals surface area contributed by atoms with Crippen molar-refractivity contribution in [2.75, 3.05) is 13.1 Å². The van der Waals surface area contributed by atoms with Gasteiger partial charge in [-0.05, 0) is 38.9 Å². The highest BCUT2D eigenvalue weighted by atomic mass is 28.4. The molecule has 0 aromatic carbocycles. The van der Waals surface area contributed by atoms with Gasteiger partial charge < -0.3 is 19.2 Å². The van der Waals surface area contributed by atoms with Crippen LogP contribution in [0.1, 0.15) is 48.0 Å². The van der Waals surface area contributed by atoms with Crippen molar-refractivity contribution < 1.29 is 19.1 Å². The molecule has 1 N–H and O–H groups in total. The molecule has 0 spiro atoms. The lowest BCUT2D eigenvalue weighted by Gasteiger charge is -2.43. The average Bonchev–Trinajstić information content (AvgIpc) is 2.23. The number of amides is 1. The molecule has 1 amide bonds. The first-order valence-corrected chi connectivity index (χ1v) is 11.0. The Balaban J connectivity index is 2.74. The number of carbonyl (C=O) groups is 1. The van der Waals surface area contributed by atoms with Gasteiger partial charge in [-0.3, -0.25) is 0 Å². The molecule has 130 valence electrons. The maximum atomic E-state index is 12.2. The molecule has 1 aliphatic heterocycles. The van der Waals surface area contributed by atoms with E-state index in [0.29, 0.717) is 19.5 Å². The fraction of sp³-hybridized carbons (Fsp3) is 0.938. The van der Waals surface area contributed by atoms with Crippen LogP contribution in [0.15, 0.2) is 0 Å². The number of hydrogen-bond acceptors (Lipinski definition) is 4. The van der Waals surface area contributed by atoms with Gasteiger partial charge in [-0.15, -0.1) is 0 Å². The lowest BCUT2D eigenvalue weighted by molar-refractivity contribution is -0.0261. The normalized spacial score (nSPS) is 24.3. The Morgan fingerprint density at radius 3 is 2.14 bits per heavy atom. The van der Waals surface area contributed by atoms with Gasteiger partial charge in [-0.25, -0.2) is 4.79 Å². The number of aliphatic hydroxyl groups excluding tert-OH is 1. The van der Waals surface area contributed by atoms with Crippen LogP contribution in [0.25, 0.3) is 0 Å². The molecule has 0 saturated carbocycles. The minimum atomic E-state index is -1.92. The topological polar surface area (TPSA) is 59.0 Å². The van der Waals surface area contributed by atoms with Gasteiger partial charge in [0.05, 0.1) is 18.8 Å². The van der Waals surface area contributed by atoms with E-state index in [1.54, 1.807) is 4.90 Å². The molecule has 0 aliphatic carbocycles. The molecule has 0 aromatic heterocycles. The van der Waals surface area contributed by atoms with Crippen molar-refractivity contribution >= 4 is 14.4 Å². The molecule has 1 fully saturated rings. The quantitative estimate of drug-likeness (QED) is 0.788. The number of piperidine rings is 1. The maximum Gasteiger partial charge on any atom is 0.410 e.